The molecule has 1 fully saturated rings. The van der Waals surface area contributed by atoms with Gasteiger partial charge in [-0.25, -0.2) is 0 Å². The van der Waals surface area contributed by atoms with Gasteiger partial charge in [0, 0.05) is 17.1 Å². The van der Waals surface area contributed by atoms with Crippen LogP contribution in [0.2, 0.25) is 0 Å². The third-order valence-corrected chi connectivity index (χ3v) is 4.88. The minimum absolute atomic E-state index is 0.727. The Hall–Kier alpha value is -0.410. The van der Waals surface area contributed by atoms with Gasteiger partial charge in [0.15, 0.2) is 0 Å². The molecule has 0 amide bonds. The summed E-state index contributed by atoms with van der Waals surface area (Å²) in [6.07, 6.45) is 8.77. The molecule has 1 saturated carbocycles. The van der Waals surface area contributed by atoms with Crippen LogP contribution in [-0.2, 0) is 6.42 Å². The number of rotatable bonds is 5. The molecule has 0 aromatic carbocycles. The summed E-state index contributed by atoms with van der Waals surface area (Å²) in [7, 11) is 0. The molecule has 3 heteroatoms. The van der Waals surface area contributed by atoms with Crippen molar-refractivity contribution in [3.05, 3.63) is 16.6 Å². The first-order valence-corrected chi connectivity index (χ1v) is 7.82. The number of hydrogen-bond acceptors (Lipinski definition) is 3. The van der Waals surface area contributed by atoms with Gasteiger partial charge in [-0.15, -0.1) is 11.3 Å². The lowest BCUT2D eigenvalue weighted by atomic mass is 9.75. The molecular weight excluding hydrogens is 228 g/mol. The highest BCUT2D eigenvalue weighted by atomic mass is 32.1. The van der Waals surface area contributed by atoms with E-state index in [1.807, 2.05) is 11.7 Å². The van der Waals surface area contributed by atoms with Crippen LogP contribution >= 0.6 is 11.3 Å². The maximum Gasteiger partial charge on any atom is 0.0794 e. The van der Waals surface area contributed by atoms with Gasteiger partial charge in [0.1, 0.15) is 0 Å². The molecule has 1 aliphatic carbocycles. The van der Waals surface area contributed by atoms with Crippen molar-refractivity contribution in [3.63, 3.8) is 0 Å². The molecule has 0 bridgehead atoms. The molecule has 0 spiro atoms. The summed E-state index contributed by atoms with van der Waals surface area (Å²) in [5.41, 5.74) is 1.96. The SMILES string of the molecule is CCNC1CCC(CC)CC1Cc1cncs1. The first kappa shape index (κ1) is 13.0. The number of aromatic nitrogens is 1. The molecule has 96 valence electrons. The Kier molecular flexibility index (Phi) is 4.99. The zero-order chi connectivity index (χ0) is 12.1. The van der Waals surface area contributed by atoms with Gasteiger partial charge >= 0.3 is 0 Å². The van der Waals surface area contributed by atoms with Crippen molar-refractivity contribution in [3.8, 4) is 0 Å². The molecule has 0 saturated heterocycles. The Balaban J connectivity index is 1.97. The summed E-state index contributed by atoms with van der Waals surface area (Å²) >= 11 is 1.81. The Bertz CT molecular complexity index is 310. The molecular formula is C14H24N2S. The van der Waals surface area contributed by atoms with E-state index in [9.17, 15) is 0 Å². The molecule has 0 aliphatic heterocycles. The lowest BCUT2D eigenvalue weighted by Gasteiger charge is -2.36. The van der Waals surface area contributed by atoms with Crippen LogP contribution in [0.3, 0.4) is 0 Å². The van der Waals surface area contributed by atoms with Crippen molar-refractivity contribution in [2.75, 3.05) is 6.54 Å². The standard InChI is InChI=1S/C14H24N2S/c1-3-11-5-6-14(16-4-2)12(7-11)8-13-9-15-10-17-13/h9-12,14,16H,3-8H2,1-2H3. The quantitative estimate of drug-likeness (QED) is 0.867. The number of nitrogens with zero attached hydrogens (tertiary/aromatic N) is 1. The molecule has 3 atom stereocenters. The normalized spacial score (nSPS) is 29.4. The Morgan fingerprint density at radius 1 is 1.41 bits per heavy atom. The summed E-state index contributed by atoms with van der Waals surface area (Å²) in [4.78, 5) is 5.65. The lowest BCUT2D eigenvalue weighted by molar-refractivity contribution is 0.200. The van der Waals surface area contributed by atoms with Crippen LogP contribution in [-0.4, -0.2) is 17.6 Å². The van der Waals surface area contributed by atoms with E-state index in [0.29, 0.717) is 0 Å². The average Bonchev–Trinajstić information content (AvgIpc) is 2.84. The van der Waals surface area contributed by atoms with Crippen LogP contribution in [0.15, 0.2) is 11.7 Å². The van der Waals surface area contributed by atoms with Crippen LogP contribution in [0.25, 0.3) is 0 Å². The van der Waals surface area contributed by atoms with Gasteiger partial charge in [-0.3, -0.25) is 4.98 Å². The molecule has 3 unspecified atom stereocenters. The van der Waals surface area contributed by atoms with Gasteiger partial charge in [-0.05, 0) is 44.1 Å². The van der Waals surface area contributed by atoms with Gasteiger partial charge in [-0.2, -0.15) is 0 Å². The van der Waals surface area contributed by atoms with Gasteiger partial charge in [0.05, 0.1) is 5.51 Å². The van der Waals surface area contributed by atoms with Gasteiger partial charge < -0.3 is 5.32 Å². The molecule has 2 nitrogen and oxygen atoms in total. The van der Waals surface area contributed by atoms with Gasteiger partial charge in [0.25, 0.3) is 0 Å². The van der Waals surface area contributed by atoms with Gasteiger partial charge in [-0.1, -0.05) is 20.3 Å². The molecule has 0 radical (unpaired) electrons. The predicted molar refractivity (Wildman–Crippen MR) is 74.4 cm³/mol. The van der Waals surface area contributed by atoms with E-state index < -0.39 is 0 Å². The van der Waals surface area contributed by atoms with Gasteiger partial charge in [0.2, 0.25) is 0 Å². The lowest BCUT2D eigenvalue weighted by Crippen LogP contribution is -2.41. The highest BCUT2D eigenvalue weighted by Crippen LogP contribution is 2.33. The zero-order valence-corrected chi connectivity index (χ0v) is 11.8. The maximum atomic E-state index is 4.20. The van der Waals surface area contributed by atoms with Crippen LogP contribution < -0.4 is 5.32 Å². The first-order valence-electron chi connectivity index (χ1n) is 6.94. The second-order valence-corrected chi connectivity index (χ2v) is 6.15. The fourth-order valence-electron chi connectivity index (χ4n) is 3.09. The highest BCUT2D eigenvalue weighted by molar-refractivity contribution is 7.09. The monoisotopic (exact) mass is 252 g/mol. The maximum absolute atomic E-state index is 4.20. The first-order chi connectivity index (χ1) is 8.33. The van der Waals surface area contributed by atoms with Crippen molar-refractivity contribution in [2.24, 2.45) is 11.8 Å². The van der Waals surface area contributed by atoms with E-state index in [1.54, 1.807) is 11.3 Å². The topological polar surface area (TPSA) is 24.9 Å². The minimum Gasteiger partial charge on any atom is -0.314 e. The number of hydrogen-bond donors (Lipinski definition) is 1. The Labute approximate surface area is 109 Å². The van der Waals surface area contributed by atoms with E-state index in [1.165, 1.54) is 37.0 Å². The average molecular weight is 252 g/mol. The fraction of sp³-hybridized carbons (Fsp3) is 0.786. The van der Waals surface area contributed by atoms with E-state index in [2.05, 4.69) is 24.1 Å². The van der Waals surface area contributed by atoms with Crippen molar-refractivity contribution < 1.29 is 0 Å². The number of thiazole rings is 1. The van der Waals surface area contributed by atoms with Crippen LogP contribution in [0.1, 0.15) is 44.4 Å². The smallest absolute Gasteiger partial charge is 0.0794 e. The molecule has 17 heavy (non-hydrogen) atoms. The van der Waals surface area contributed by atoms with Crippen molar-refractivity contribution in [2.45, 2.75) is 52.0 Å². The zero-order valence-electron chi connectivity index (χ0n) is 11.0. The minimum atomic E-state index is 0.727. The van der Waals surface area contributed by atoms with E-state index >= 15 is 0 Å². The molecule has 1 aromatic rings. The summed E-state index contributed by atoms with van der Waals surface area (Å²) in [6, 6.07) is 0.727. The predicted octanol–water partition coefficient (Wildman–Crippen LogP) is 3.49. The van der Waals surface area contributed by atoms with Crippen LogP contribution in [0, 0.1) is 11.8 Å². The third kappa shape index (κ3) is 3.52. The Morgan fingerprint density at radius 2 is 2.29 bits per heavy atom. The second kappa shape index (κ2) is 6.50. The molecule has 1 heterocycles. The van der Waals surface area contributed by atoms with Crippen molar-refractivity contribution in [1.29, 1.82) is 0 Å². The van der Waals surface area contributed by atoms with Crippen LogP contribution in [0.4, 0.5) is 0 Å². The summed E-state index contributed by atoms with van der Waals surface area (Å²) in [6.45, 7) is 5.65. The van der Waals surface area contributed by atoms with Crippen molar-refractivity contribution >= 4 is 11.3 Å². The third-order valence-electron chi connectivity index (χ3n) is 4.08. The van der Waals surface area contributed by atoms with E-state index in [4.69, 9.17) is 0 Å². The van der Waals surface area contributed by atoms with Crippen LogP contribution in [0.5, 0.6) is 0 Å². The molecule has 2 rings (SSSR count). The fourth-order valence-corrected chi connectivity index (χ4v) is 3.78. The highest BCUT2D eigenvalue weighted by Gasteiger charge is 2.29. The van der Waals surface area contributed by atoms with Crippen molar-refractivity contribution in [1.82, 2.24) is 10.3 Å². The van der Waals surface area contributed by atoms with E-state index in [-0.39, 0.29) is 0 Å². The Morgan fingerprint density at radius 3 is 2.94 bits per heavy atom. The summed E-state index contributed by atoms with van der Waals surface area (Å²) in [5, 5.41) is 3.68. The summed E-state index contributed by atoms with van der Waals surface area (Å²) in [5.74, 6) is 1.76. The largest absolute Gasteiger partial charge is 0.314 e. The number of nitrogens with one attached hydrogen (secondary N) is 1. The molecule has 1 aromatic heterocycles. The second-order valence-electron chi connectivity index (χ2n) is 5.18. The van der Waals surface area contributed by atoms with E-state index in [0.717, 1.165) is 24.4 Å². The molecule has 1 aliphatic rings. The molecule has 1 N–H and O–H groups in total. The summed E-state index contributed by atoms with van der Waals surface area (Å²) < 4.78 is 0.